The number of piperidine rings is 1. The Morgan fingerprint density at radius 3 is 2.76 bits per heavy atom. The van der Waals surface area contributed by atoms with Crippen molar-refractivity contribution in [3.05, 3.63) is 29.3 Å². The van der Waals surface area contributed by atoms with Gasteiger partial charge in [0.2, 0.25) is 10.0 Å². The summed E-state index contributed by atoms with van der Waals surface area (Å²) in [4.78, 5) is 2.56. The molecule has 0 aromatic heterocycles. The molecule has 1 atom stereocenters. The summed E-state index contributed by atoms with van der Waals surface area (Å²) >= 11 is 0. The van der Waals surface area contributed by atoms with Crippen LogP contribution in [0.5, 0.6) is 0 Å². The highest BCUT2D eigenvalue weighted by atomic mass is 32.2. The molecule has 2 rings (SSSR count). The molecule has 1 aromatic rings. The summed E-state index contributed by atoms with van der Waals surface area (Å²) < 4.78 is 27.3. The van der Waals surface area contributed by atoms with E-state index < -0.39 is 10.0 Å². The van der Waals surface area contributed by atoms with Gasteiger partial charge < -0.3 is 10.6 Å². The van der Waals surface area contributed by atoms with Gasteiger partial charge in [0.25, 0.3) is 0 Å². The van der Waals surface area contributed by atoms with Crippen LogP contribution < -0.4 is 5.73 Å². The summed E-state index contributed by atoms with van der Waals surface area (Å²) in [7, 11) is 0.249. The Labute approximate surface area is 127 Å². The topological polar surface area (TPSA) is 66.6 Å². The predicted octanol–water partition coefficient (Wildman–Crippen LogP) is 1.17. The van der Waals surface area contributed by atoms with Crippen LogP contribution in [0, 0.1) is 6.92 Å². The van der Waals surface area contributed by atoms with Crippen molar-refractivity contribution in [3.8, 4) is 0 Å². The second-order valence-corrected chi connectivity index (χ2v) is 7.85. The van der Waals surface area contributed by atoms with Gasteiger partial charge in [-0.1, -0.05) is 12.1 Å². The number of sulfonamides is 1. The Kier molecular flexibility index (Phi) is 5.03. The number of likely N-dealkylation sites (tertiary alicyclic amines) is 1. The summed E-state index contributed by atoms with van der Waals surface area (Å²) in [5, 5.41) is 0. The lowest BCUT2D eigenvalue weighted by atomic mass is 10.1. The third-order valence-electron chi connectivity index (χ3n) is 4.26. The van der Waals surface area contributed by atoms with Crippen molar-refractivity contribution in [2.75, 3.05) is 27.2 Å². The van der Waals surface area contributed by atoms with E-state index in [1.807, 2.05) is 26.1 Å². The van der Waals surface area contributed by atoms with Gasteiger partial charge in [0.1, 0.15) is 0 Å². The van der Waals surface area contributed by atoms with Crippen molar-refractivity contribution in [2.24, 2.45) is 5.73 Å². The van der Waals surface area contributed by atoms with Gasteiger partial charge in [0, 0.05) is 26.2 Å². The fraction of sp³-hybridized carbons (Fsp3) is 0.600. The third-order valence-corrected chi connectivity index (χ3v) is 6.31. The molecule has 21 heavy (non-hydrogen) atoms. The lowest BCUT2D eigenvalue weighted by Crippen LogP contribution is -2.47. The monoisotopic (exact) mass is 311 g/mol. The fourth-order valence-electron chi connectivity index (χ4n) is 2.84. The first-order valence-corrected chi connectivity index (χ1v) is 8.76. The van der Waals surface area contributed by atoms with Crippen LogP contribution in [0.3, 0.4) is 0 Å². The maximum absolute atomic E-state index is 12.9. The first-order valence-electron chi connectivity index (χ1n) is 7.32. The first kappa shape index (κ1) is 16.4. The highest BCUT2D eigenvalue weighted by Crippen LogP contribution is 2.24. The molecule has 0 amide bonds. The van der Waals surface area contributed by atoms with Gasteiger partial charge in [-0.2, -0.15) is 4.31 Å². The van der Waals surface area contributed by atoms with Crippen molar-refractivity contribution in [3.63, 3.8) is 0 Å². The average molecular weight is 311 g/mol. The fourth-order valence-corrected chi connectivity index (χ4v) is 4.49. The summed E-state index contributed by atoms with van der Waals surface area (Å²) in [5.74, 6) is 0. The van der Waals surface area contributed by atoms with Crippen LogP contribution >= 0.6 is 0 Å². The average Bonchev–Trinajstić information content (AvgIpc) is 2.46. The van der Waals surface area contributed by atoms with E-state index in [1.54, 1.807) is 13.1 Å². The predicted molar refractivity (Wildman–Crippen MR) is 84.5 cm³/mol. The van der Waals surface area contributed by atoms with Crippen molar-refractivity contribution in [1.29, 1.82) is 0 Å². The Balaban J connectivity index is 2.32. The number of nitrogens with zero attached hydrogens (tertiary/aromatic N) is 2. The molecule has 0 saturated carbocycles. The molecule has 1 aliphatic rings. The SMILES string of the molecule is Cc1ccc(CN)cc1S(=O)(=O)N(C)C1CCCN(C)C1. The number of hydrogen-bond acceptors (Lipinski definition) is 4. The van der Waals surface area contributed by atoms with Gasteiger partial charge in [-0.15, -0.1) is 0 Å². The third kappa shape index (κ3) is 3.45. The second-order valence-electron chi connectivity index (χ2n) is 5.88. The van der Waals surface area contributed by atoms with Crippen LogP contribution in [0.15, 0.2) is 23.1 Å². The zero-order valence-electron chi connectivity index (χ0n) is 13.0. The summed E-state index contributed by atoms with van der Waals surface area (Å²) in [6.45, 7) is 3.99. The van der Waals surface area contributed by atoms with Gasteiger partial charge >= 0.3 is 0 Å². The number of nitrogens with two attached hydrogens (primary N) is 1. The molecule has 118 valence electrons. The lowest BCUT2D eigenvalue weighted by Gasteiger charge is -2.35. The molecule has 1 aromatic carbocycles. The normalized spacial score (nSPS) is 20.9. The van der Waals surface area contributed by atoms with E-state index in [2.05, 4.69) is 4.90 Å². The molecule has 1 saturated heterocycles. The summed E-state index contributed by atoms with van der Waals surface area (Å²) in [6.07, 6.45) is 1.94. The standard InChI is InChI=1S/C15H25N3O2S/c1-12-6-7-13(10-16)9-15(12)21(19,20)18(3)14-5-4-8-17(2)11-14/h6-7,9,14H,4-5,8,10-11,16H2,1-3H3. The smallest absolute Gasteiger partial charge is 0.243 e. The van der Waals surface area contributed by atoms with Gasteiger partial charge in [-0.05, 0) is 50.6 Å². The molecule has 6 heteroatoms. The van der Waals surface area contributed by atoms with E-state index in [0.717, 1.165) is 37.1 Å². The maximum atomic E-state index is 12.9. The molecule has 0 aliphatic carbocycles. The Hall–Kier alpha value is -0.950. The molecule has 1 aliphatic heterocycles. The van der Waals surface area contributed by atoms with E-state index >= 15 is 0 Å². The maximum Gasteiger partial charge on any atom is 0.243 e. The van der Waals surface area contributed by atoms with Crippen molar-refractivity contribution >= 4 is 10.0 Å². The van der Waals surface area contributed by atoms with Gasteiger partial charge in [0.15, 0.2) is 0 Å². The molecular formula is C15H25N3O2S. The number of likely N-dealkylation sites (N-methyl/N-ethyl adjacent to an activating group) is 2. The minimum absolute atomic E-state index is 0.0367. The molecule has 1 heterocycles. The lowest BCUT2D eigenvalue weighted by molar-refractivity contribution is 0.187. The Morgan fingerprint density at radius 2 is 2.14 bits per heavy atom. The van der Waals surface area contributed by atoms with Crippen LogP contribution in [0.4, 0.5) is 0 Å². The Morgan fingerprint density at radius 1 is 1.43 bits per heavy atom. The van der Waals surface area contributed by atoms with E-state index in [9.17, 15) is 8.42 Å². The zero-order chi connectivity index (χ0) is 15.6. The minimum Gasteiger partial charge on any atom is -0.326 e. The van der Waals surface area contributed by atoms with Gasteiger partial charge in [0.05, 0.1) is 4.90 Å². The van der Waals surface area contributed by atoms with Crippen molar-refractivity contribution in [2.45, 2.75) is 37.2 Å². The van der Waals surface area contributed by atoms with Crippen molar-refractivity contribution < 1.29 is 8.42 Å². The molecule has 1 fully saturated rings. The van der Waals surface area contributed by atoms with Gasteiger partial charge in [-0.3, -0.25) is 0 Å². The van der Waals surface area contributed by atoms with E-state index in [-0.39, 0.29) is 6.04 Å². The van der Waals surface area contributed by atoms with Crippen LogP contribution in [0.25, 0.3) is 0 Å². The quantitative estimate of drug-likeness (QED) is 0.906. The van der Waals surface area contributed by atoms with E-state index in [1.165, 1.54) is 4.31 Å². The molecular weight excluding hydrogens is 286 g/mol. The van der Waals surface area contributed by atoms with E-state index in [0.29, 0.717) is 11.4 Å². The van der Waals surface area contributed by atoms with Gasteiger partial charge in [-0.25, -0.2) is 8.42 Å². The van der Waals surface area contributed by atoms with E-state index in [4.69, 9.17) is 5.73 Å². The van der Waals surface area contributed by atoms with Crippen molar-refractivity contribution in [1.82, 2.24) is 9.21 Å². The molecule has 0 spiro atoms. The van der Waals surface area contributed by atoms with Crippen LogP contribution in [0.2, 0.25) is 0 Å². The summed E-state index contributed by atoms with van der Waals surface area (Å²) in [6, 6.07) is 5.45. The molecule has 2 N–H and O–H groups in total. The number of rotatable bonds is 4. The number of aryl methyl sites for hydroxylation is 1. The number of hydrogen-bond donors (Lipinski definition) is 1. The highest BCUT2D eigenvalue weighted by Gasteiger charge is 2.31. The van der Waals surface area contributed by atoms with Crippen LogP contribution in [-0.2, 0) is 16.6 Å². The summed E-state index contributed by atoms with van der Waals surface area (Å²) in [5.41, 5.74) is 7.24. The Bertz CT molecular complexity index is 601. The van der Waals surface area contributed by atoms with Crippen LogP contribution in [-0.4, -0.2) is 50.8 Å². The first-order chi connectivity index (χ1) is 9.86. The zero-order valence-corrected chi connectivity index (χ0v) is 13.9. The largest absolute Gasteiger partial charge is 0.326 e. The number of benzene rings is 1. The molecule has 0 radical (unpaired) electrons. The second kappa shape index (κ2) is 6.44. The minimum atomic E-state index is -3.47. The molecule has 5 nitrogen and oxygen atoms in total. The molecule has 0 bridgehead atoms. The highest BCUT2D eigenvalue weighted by molar-refractivity contribution is 7.89. The molecule has 1 unspecified atom stereocenters. The van der Waals surface area contributed by atoms with Crippen LogP contribution in [0.1, 0.15) is 24.0 Å².